The van der Waals surface area contributed by atoms with Gasteiger partial charge in [0.1, 0.15) is 0 Å². The fourth-order valence-corrected chi connectivity index (χ4v) is 2.05. The number of carbonyl (C=O) groups excluding carboxylic acids is 1. The number of amides is 1. The standard InChI is InChI=1S/C15H16ClN3O/c1-19(10-7-11-5-8-18-9-6-11)15(20)12-3-2-4-13(16)14(12)17/h2-6,8-9H,7,10,17H2,1H3. The highest BCUT2D eigenvalue weighted by molar-refractivity contribution is 6.33. The smallest absolute Gasteiger partial charge is 0.255 e. The largest absolute Gasteiger partial charge is 0.397 e. The summed E-state index contributed by atoms with van der Waals surface area (Å²) in [6.07, 6.45) is 4.25. The van der Waals surface area contributed by atoms with E-state index < -0.39 is 0 Å². The number of anilines is 1. The lowest BCUT2D eigenvalue weighted by Crippen LogP contribution is -2.29. The summed E-state index contributed by atoms with van der Waals surface area (Å²) in [5.74, 6) is -0.126. The summed E-state index contributed by atoms with van der Waals surface area (Å²) in [4.78, 5) is 17.9. The number of pyridine rings is 1. The molecular formula is C15H16ClN3O. The van der Waals surface area contributed by atoms with E-state index in [1.807, 2.05) is 12.1 Å². The number of nitrogens with two attached hydrogens (primary N) is 1. The third-order valence-corrected chi connectivity index (χ3v) is 3.44. The van der Waals surface area contributed by atoms with Crippen molar-refractivity contribution >= 4 is 23.2 Å². The topological polar surface area (TPSA) is 59.2 Å². The quantitative estimate of drug-likeness (QED) is 0.880. The third-order valence-electron chi connectivity index (χ3n) is 3.12. The Morgan fingerprint density at radius 2 is 2.00 bits per heavy atom. The van der Waals surface area contributed by atoms with Crippen molar-refractivity contribution in [3.05, 3.63) is 58.9 Å². The van der Waals surface area contributed by atoms with E-state index in [0.29, 0.717) is 22.8 Å². The van der Waals surface area contributed by atoms with E-state index in [1.165, 1.54) is 0 Å². The molecule has 2 N–H and O–H groups in total. The average molecular weight is 290 g/mol. The molecule has 0 radical (unpaired) electrons. The van der Waals surface area contributed by atoms with Crippen LogP contribution in [0.4, 0.5) is 5.69 Å². The molecule has 0 atom stereocenters. The van der Waals surface area contributed by atoms with Crippen LogP contribution in [0.2, 0.25) is 5.02 Å². The van der Waals surface area contributed by atoms with Gasteiger partial charge in [0.05, 0.1) is 16.3 Å². The second-order valence-corrected chi connectivity index (χ2v) is 4.94. The van der Waals surface area contributed by atoms with Gasteiger partial charge in [0, 0.05) is 26.0 Å². The van der Waals surface area contributed by atoms with Crippen molar-refractivity contribution in [3.63, 3.8) is 0 Å². The zero-order valence-corrected chi connectivity index (χ0v) is 12.0. The van der Waals surface area contributed by atoms with Crippen LogP contribution in [0.5, 0.6) is 0 Å². The number of hydrogen-bond acceptors (Lipinski definition) is 3. The zero-order valence-electron chi connectivity index (χ0n) is 11.2. The van der Waals surface area contributed by atoms with Gasteiger partial charge >= 0.3 is 0 Å². The van der Waals surface area contributed by atoms with Crippen LogP contribution in [0.25, 0.3) is 0 Å². The van der Waals surface area contributed by atoms with Crippen LogP contribution in [0.1, 0.15) is 15.9 Å². The lowest BCUT2D eigenvalue weighted by atomic mass is 10.1. The Morgan fingerprint density at radius 3 is 2.70 bits per heavy atom. The highest BCUT2D eigenvalue weighted by Crippen LogP contribution is 2.23. The van der Waals surface area contributed by atoms with Crippen LogP contribution in [0, 0.1) is 0 Å². The molecule has 1 heterocycles. The Hall–Kier alpha value is -2.07. The van der Waals surface area contributed by atoms with E-state index in [0.717, 1.165) is 12.0 Å². The van der Waals surface area contributed by atoms with Gasteiger partial charge in [-0.05, 0) is 36.2 Å². The maximum Gasteiger partial charge on any atom is 0.255 e. The van der Waals surface area contributed by atoms with E-state index in [1.54, 1.807) is 42.5 Å². The number of nitrogen functional groups attached to an aromatic ring is 1. The Morgan fingerprint density at radius 1 is 1.30 bits per heavy atom. The molecule has 0 spiro atoms. The van der Waals surface area contributed by atoms with Crippen LogP contribution < -0.4 is 5.73 Å². The summed E-state index contributed by atoms with van der Waals surface area (Å²) in [5.41, 5.74) is 7.75. The third kappa shape index (κ3) is 3.27. The molecule has 0 aliphatic rings. The summed E-state index contributed by atoms with van der Waals surface area (Å²) in [7, 11) is 1.75. The van der Waals surface area contributed by atoms with E-state index in [-0.39, 0.29) is 5.91 Å². The molecule has 0 saturated carbocycles. The summed E-state index contributed by atoms with van der Waals surface area (Å²) < 4.78 is 0. The number of hydrogen-bond donors (Lipinski definition) is 1. The Labute approximate surface area is 123 Å². The fraction of sp³-hybridized carbons (Fsp3) is 0.200. The van der Waals surface area contributed by atoms with Gasteiger partial charge in [-0.3, -0.25) is 9.78 Å². The van der Waals surface area contributed by atoms with Crippen LogP contribution >= 0.6 is 11.6 Å². The van der Waals surface area contributed by atoms with Gasteiger partial charge in [0.25, 0.3) is 5.91 Å². The van der Waals surface area contributed by atoms with E-state index in [9.17, 15) is 4.79 Å². The molecule has 0 fully saturated rings. The minimum atomic E-state index is -0.126. The highest BCUT2D eigenvalue weighted by Gasteiger charge is 2.15. The van der Waals surface area contributed by atoms with Crippen LogP contribution in [-0.4, -0.2) is 29.4 Å². The summed E-state index contributed by atoms with van der Waals surface area (Å²) >= 11 is 5.93. The van der Waals surface area contributed by atoms with Crippen molar-refractivity contribution in [2.24, 2.45) is 0 Å². The molecule has 1 amide bonds. The first-order valence-corrected chi connectivity index (χ1v) is 6.65. The first-order valence-electron chi connectivity index (χ1n) is 6.28. The van der Waals surface area contributed by atoms with E-state index >= 15 is 0 Å². The number of halogens is 1. The molecule has 0 bridgehead atoms. The van der Waals surface area contributed by atoms with Crippen molar-refractivity contribution in [2.75, 3.05) is 19.3 Å². The van der Waals surface area contributed by atoms with Gasteiger partial charge in [-0.25, -0.2) is 0 Å². The van der Waals surface area contributed by atoms with Crippen molar-refractivity contribution in [1.82, 2.24) is 9.88 Å². The molecule has 0 aliphatic carbocycles. The molecular weight excluding hydrogens is 274 g/mol. The molecule has 104 valence electrons. The van der Waals surface area contributed by atoms with Crippen LogP contribution in [0.15, 0.2) is 42.7 Å². The fourth-order valence-electron chi connectivity index (χ4n) is 1.88. The SMILES string of the molecule is CN(CCc1ccncc1)C(=O)c1cccc(Cl)c1N. The lowest BCUT2D eigenvalue weighted by molar-refractivity contribution is 0.0797. The van der Waals surface area contributed by atoms with Gasteiger partial charge in [0.15, 0.2) is 0 Å². The number of para-hydroxylation sites is 1. The molecule has 0 saturated heterocycles. The monoisotopic (exact) mass is 289 g/mol. The molecule has 20 heavy (non-hydrogen) atoms. The number of aromatic nitrogens is 1. The summed E-state index contributed by atoms with van der Waals surface area (Å²) in [6, 6.07) is 8.96. The lowest BCUT2D eigenvalue weighted by Gasteiger charge is -2.18. The maximum atomic E-state index is 12.3. The Kier molecular flexibility index (Phi) is 4.58. The molecule has 4 nitrogen and oxygen atoms in total. The van der Waals surface area contributed by atoms with Gasteiger partial charge < -0.3 is 10.6 Å². The minimum Gasteiger partial charge on any atom is -0.397 e. The zero-order chi connectivity index (χ0) is 14.5. The van der Waals surface area contributed by atoms with Crippen molar-refractivity contribution in [1.29, 1.82) is 0 Å². The summed E-state index contributed by atoms with van der Waals surface area (Å²) in [5, 5.41) is 0.401. The first-order chi connectivity index (χ1) is 9.59. The number of rotatable bonds is 4. The second-order valence-electron chi connectivity index (χ2n) is 4.53. The van der Waals surface area contributed by atoms with Crippen LogP contribution in [-0.2, 0) is 6.42 Å². The normalized spacial score (nSPS) is 10.3. The molecule has 2 rings (SSSR count). The first kappa shape index (κ1) is 14.3. The number of carbonyl (C=O) groups is 1. The minimum absolute atomic E-state index is 0.126. The predicted molar refractivity (Wildman–Crippen MR) is 80.8 cm³/mol. The number of benzene rings is 1. The second kappa shape index (κ2) is 6.39. The average Bonchev–Trinajstić information content (AvgIpc) is 2.48. The predicted octanol–water partition coefficient (Wildman–Crippen LogP) is 2.63. The van der Waals surface area contributed by atoms with Gasteiger partial charge in [-0.15, -0.1) is 0 Å². The molecule has 0 aliphatic heterocycles. The van der Waals surface area contributed by atoms with Crippen molar-refractivity contribution in [2.45, 2.75) is 6.42 Å². The van der Waals surface area contributed by atoms with E-state index in [4.69, 9.17) is 17.3 Å². The molecule has 2 aromatic rings. The number of nitrogens with zero attached hydrogens (tertiary/aromatic N) is 2. The molecule has 1 aromatic heterocycles. The highest BCUT2D eigenvalue weighted by atomic mass is 35.5. The Balaban J connectivity index is 2.04. The number of likely N-dealkylation sites (N-methyl/N-ethyl adjacent to an activating group) is 1. The Bertz CT molecular complexity index is 601. The molecule has 1 aromatic carbocycles. The van der Waals surface area contributed by atoms with Crippen molar-refractivity contribution in [3.8, 4) is 0 Å². The molecule has 5 heteroatoms. The van der Waals surface area contributed by atoms with Crippen LogP contribution in [0.3, 0.4) is 0 Å². The summed E-state index contributed by atoms with van der Waals surface area (Å²) in [6.45, 7) is 0.606. The molecule has 0 unspecified atom stereocenters. The maximum absolute atomic E-state index is 12.3. The van der Waals surface area contributed by atoms with Gasteiger partial charge in [-0.1, -0.05) is 17.7 Å². The van der Waals surface area contributed by atoms with Gasteiger partial charge in [0.2, 0.25) is 0 Å². The van der Waals surface area contributed by atoms with E-state index in [2.05, 4.69) is 4.98 Å². The van der Waals surface area contributed by atoms with Crippen molar-refractivity contribution < 1.29 is 4.79 Å². The van der Waals surface area contributed by atoms with Gasteiger partial charge in [-0.2, -0.15) is 0 Å².